The van der Waals surface area contributed by atoms with Gasteiger partial charge in [0.05, 0.1) is 12.5 Å². The van der Waals surface area contributed by atoms with E-state index in [1.165, 1.54) is 0 Å². The van der Waals surface area contributed by atoms with E-state index in [4.69, 9.17) is 5.11 Å². The van der Waals surface area contributed by atoms with Crippen molar-refractivity contribution in [3.05, 3.63) is 0 Å². The normalized spacial score (nSPS) is 23.9. The maximum atomic E-state index is 11.2. The molecule has 2 unspecified atom stereocenters. The fraction of sp³-hybridized carbons (Fsp3) is 0.778. The van der Waals surface area contributed by atoms with Crippen LogP contribution in [0.2, 0.25) is 0 Å². The largest absolute Gasteiger partial charge is 0.393 e. The molecule has 1 aliphatic heterocycles. The van der Waals surface area contributed by atoms with Crippen molar-refractivity contribution < 1.29 is 14.7 Å². The fourth-order valence-corrected chi connectivity index (χ4v) is 1.43. The van der Waals surface area contributed by atoms with E-state index in [2.05, 4.69) is 10.6 Å². The summed E-state index contributed by atoms with van der Waals surface area (Å²) in [5.74, 6) is -0.405. The van der Waals surface area contributed by atoms with E-state index in [9.17, 15) is 9.59 Å². The molecule has 2 atom stereocenters. The predicted molar refractivity (Wildman–Crippen MR) is 50.5 cm³/mol. The average molecular weight is 200 g/mol. The van der Waals surface area contributed by atoms with Gasteiger partial charge in [0.1, 0.15) is 6.04 Å². The van der Waals surface area contributed by atoms with E-state index in [1.807, 2.05) is 0 Å². The van der Waals surface area contributed by atoms with Crippen LogP contribution < -0.4 is 10.6 Å². The molecular formula is C9H16N2O3. The summed E-state index contributed by atoms with van der Waals surface area (Å²) in [6, 6.07) is -0.421. The van der Waals surface area contributed by atoms with E-state index in [-0.39, 0.29) is 18.2 Å². The molecule has 0 aliphatic carbocycles. The van der Waals surface area contributed by atoms with Gasteiger partial charge in [-0.3, -0.25) is 9.59 Å². The zero-order valence-corrected chi connectivity index (χ0v) is 8.25. The third-order valence-electron chi connectivity index (χ3n) is 2.10. The first-order chi connectivity index (χ1) is 6.59. The monoisotopic (exact) mass is 200 g/mol. The molecule has 3 N–H and O–H groups in total. The average Bonchev–Trinajstić information content (AvgIpc) is 2.07. The molecule has 0 aromatic carbocycles. The minimum atomic E-state index is -0.665. The van der Waals surface area contributed by atoms with Gasteiger partial charge >= 0.3 is 0 Å². The van der Waals surface area contributed by atoms with Crippen molar-refractivity contribution in [2.75, 3.05) is 6.54 Å². The van der Waals surface area contributed by atoms with Gasteiger partial charge in [0.25, 0.3) is 0 Å². The smallest absolute Gasteiger partial charge is 0.242 e. The summed E-state index contributed by atoms with van der Waals surface area (Å²) in [6.45, 7) is 2.22. The number of aliphatic hydroxyl groups is 1. The van der Waals surface area contributed by atoms with Gasteiger partial charge in [-0.1, -0.05) is 0 Å². The Morgan fingerprint density at radius 1 is 1.79 bits per heavy atom. The summed E-state index contributed by atoms with van der Waals surface area (Å²) >= 11 is 0. The molecule has 80 valence electrons. The number of hydrogen-bond donors (Lipinski definition) is 3. The molecule has 2 amide bonds. The number of hydrogen-bond acceptors (Lipinski definition) is 3. The molecule has 1 rings (SSSR count). The zero-order valence-electron chi connectivity index (χ0n) is 8.25. The van der Waals surface area contributed by atoms with E-state index < -0.39 is 12.1 Å². The molecule has 1 saturated heterocycles. The molecule has 0 spiro atoms. The summed E-state index contributed by atoms with van der Waals surface area (Å²) < 4.78 is 0. The van der Waals surface area contributed by atoms with Crippen LogP contribution in [0.5, 0.6) is 0 Å². The van der Waals surface area contributed by atoms with Crippen molar-refractivity contribution in [3.8, 4) is 0 Å². The van der Waals surface area contributed by atoms with E-state index in [1.54, 1.807) is 6.92 Å². The SMILES string of the molecule is CC(O)CC(=O)NC1CCCNC1=O. The maximum absolute atomic E-state index is 11.2. The number of amides is 2. The Morgan fingerprint density at radius 3 is 3.07 bits per heavy atom. The molecule has 0 aromatic rings. The van der Waals surface area contributed by atoms with Gasteiger partial charge < -0.3 is 15.7 Å². The number of piperidine rings is 1. The Balaban J connectivity index is 2.34. The first kappa shape index (κ1) is 11.0. The third-order valence-corrected chi connectivity index (χ3v) is 2.10. The molecule has 5 nitrogen and oxygen atoms in total. The summed E-state index contributed by atoms with van der Waals surface area (Å²) in [5, 5.41) is 14.2. The van der Waals surface area contributed by atoms with Crippen LogP contribution in [0.1, 0.15) is 26.2 Å². The minimum Gasteiger partial charge on any atom is -0.393 e. The molecule has 1 fully saturated rings. The Hall–Kier alpha value is -1.10. The standard InChI is InChI=1S/C9H16N2O3/c1-6(12)5-8(13)11-7-3-2-4-10-9(7)14/h6-7,12H,2-5H2,1H3,(H,10,14)(H,11,13). The van der Waals surface area contributed by atoms with Crippen molar-refractivity contribution >= 4 is 11.8 Å². The van der Waals surface area contributed by atoms with Crippen molar-refractivity contribution in [2.45, 2.75) is 38.3 Å². The van der Waals surface area contributed by atoms with Gasteiger partial charge in [0, 0.05) is 6.54 Å². The van der Waals surface area contributed by atoms with Gasteiger partial charge in [-0.25, -0.2) is 0 Å². The lowest BCUT2D eigenvalue weighted by atomic mass is 10.1. The van der Waals surface area contributed by atoms with Crippen molar-refractivity contribution in [1.29, 1.82) is 0 Å². The zero-order chi connectivity index (χ0) is 10.6. The topological polar surface area (TPSA) is 78.4 Å². The van der Waals surface area contributed by atoms with Crippen LogP contribution in [0.4, 0.5) is 0 Å². The van der Waals surface area contributed by atoms with Crippen LogP contribution in [0.15, 0.2) is 0 Å². The number of nitrogens with one attached hydrogen (secondary N) is 2. The van der Waals surface area contributed by atoms with Crippen LogP contribution in [-0.4, -0.2) is 35.6 Å². The number of aliphatic hydroxyl groups excluding tert-OH is 1. The van der Waals surface area contributed by atoms with Gasteiger partial charge in [-0.05, 0) is 19.8 Å². The molecule has 0 bridgehead atoms. The second-order valence-electron chi connectivity index (χ2n) is 3.61. The van der Waals surface area contributed by atoms with Crippen LogP contribution in [0.25, 0.3) is 0 Å². The third kappa shape index (κ3) is 3.33. The molecule has 0 saturated carbocycles. The second kappa shape index (κ2) is 4.95. The Morgan fingerprint density at radius 2 is 2.50 bits per heavy atom. The van der Waals surface area contributed by atoms with Crippen LogP contribution in [0.3, 0.4) is 0 Å². The Kier molecular flexibility index (Phi) is 3.88. The summed E-state index contributed by atoms with van der Waals surface area (Å²) in [7, 11) is 0. The first-order valence-electron chi connectivity index (χ1n) is 4.84. The fourth-order valence-electron chi connectivity index (χ4n) is 1.43. The minimum absolute atomic E-state index is 0.0454. The molecule has 0 aromatic heterocycles. The molecule has 5 heteroatoms. The molecule has 1 heterocycles. The van der Waals surface area contributed by atoms with Crippen molar-refractivity contribution in [1.82, 2.24) is 10.6 Å². The highest BCUT2D eigenvalue weighted by atomic mass is 16.3. The van der Waals surface area contributed by atoms with E-state index in [0.29, 0.717) is 13.0 Å². The van der Waals surface area contributed by atoms with Crippen molar-refractivity contribution in [3.63, 3.8) is 0 Å². The van der Waals surface area contributed by atoms with Crippen LogP contribution in [0, 0.1) is 0 Å². The highest BCUT2D eigenvalue weighted by Gasteiger charge is 2.23. The lowest BCUT2D eigenvalue weighted by Gasteiger charge is -2.22. The quantitative estimate of drug-likeness (QED) is 0.555. The van der Waals surface area contributed by atoms with E-state index in [0.717, 1.165) is 6.42 Å². The second-order valence-corrected chi connectivity index (χ2v) is 3.61. The maximum Gasteiger partial charge on any atom is 0.242 e. The highest BCUT2D eigenvalue weighted by molar-refractivity contribution is 5.88. The van der Waals surface area contributed by atoms with Crippen molar-refractivity contribution in [2.24, 2.45) is 0 Å². The number of rotatable bonds is 3. The first-order valence-corrected chi connectivity index (χ1v) is 4.84. The van der Waals surface area contributed by atoms with Crippen LogP contribution >= 0.6 is 0 Å². The van der Waals surface area contributed by atoms with Gasteiger partial charge in [0.2, 0.25) is 11.8 Å². The summed E-state index contributed by atoms with van der Waals surface area (Å²) in [6.07, 6.45) is 0.939. The molecule has 1 aliphatic rings. The Labute approximate surface area is 82.9 Å². The van der Waals surface area contributed by atoms with Gasteiger partial charge in [-0.15, -0.1) is 0 Å². The summed E-state index contributed by atoms with van der Waals surface area (Å²) in [4.78, 5) is 22.4. The Bertz CT molecular complexity index is 228. The van der Waals surface area contributed by atoms with Gasteiger partial charge in [-0.2, -0.15) is 0 Å². The highest BCUT2D eigenvalue weighted by Crippen LogP contribution is 2.03. The molecule has 14 heavy (non-hydrogen) atoms. The predicted octanol–water partition coefficient (Wildman–Crippen LogP) is -0.848. The summed E-state index contributed by atoms with van der Waals surface area (Å²) in [5.41, 5.74) is 0. The number of carbonyl (C=O) groups is 2. The van der Waals surface area contributed by atoms with Gasteiger partial charge in [0.15, 0.2) is 0 Å². The van der Waals surface area contributed by atoms with E-state index >= 15 is 0 Å². The molecule has 0 radical (unpaired) electrons. The molecular weight excluding hydrogens is 184 g/mol. The lowest BCUT2D eigenvalue weighted by molar-refractivity contribution is -0.130. The lowest BCUT2D eigenvalue weighted by Crippen LogP contribution is -2.50. The number of carbonyl (C=O) groups excluding carboxylic acids is 2. The van der Waals surface area contributed by atoms with Crippen LogP contribution in [-0.2, 0) is 9.59 Å².